The molecule has 3 nitrogen and oxygen atoms in total. The molecule has 2 aromatic carbocycles. The highest BCUT2D eigenvalue weighted by molar-refractivity contribution is 14.1. The minimum Gasteiger partial charge on any atom is -0.267 e. The van der Waals surface area contributed by atoms with Gasteiger partial charge in [-0.15, -0.1) is 0 Å². The molecule has 3 rings (SSSR count). The fraction of sp³-hybridized carbons (Fsp3) is 0. The molecule has 1 heterocycles. The van der Waals surface area contributed by atoms with Crippen molar-refractivity contribution in [1.82, 2.24) is 14.8 Å². The lowest BCUT2D eigenvalue weighted by atomic mass is 10.2. The monoisotopic (exact) mass is 413 g/mol. The van der Waals surface area contributed by atoms with E-state index in [1.165, 1.54) is 0 Å². The van der Waals surface area contributed by atoms with Crippen LogP contribution in [0.15, 0.2) is 48.5 Å². The maximum atomic E-state index is 6.01. The smallest absolute Gasteiger partial charge is 0.200 e. The zero-order valence-corrected chi connectivity index (χ0v) is 13.9. The summed E-state index contributed by atoms with van der Waals surface area (Å²) < 4.78 is 3.50. The highest BCUT2D eigenvalue weighted by Gasteiger charge is 2.12. The first-order chi connectivity index (χ1) is 9.66. The van der Waals surface area contributed by atoms with E-state index in [9.17, 15) is 0 Å². The number of nitrogens with one attached hydrogen (secondary N) is 1. The van der Waals surface area contributed by atoms with Crippen molar-refractivity contribution in [3.63, 3.8) is 0 Å². The largest absolute Gasteiger partial charge is 0.267 e. The second-order valence-corrected chi connectivity index (χ2v) is 6.13. The molecule has 0 radical (unpaired) electrons. The summed E-state index contributed by atoms with van der Waals surface area (Å²) in [4.78, 5) is 0. The predicted molar refractivity (Wildman–Crippen MR) is 91.9 cm³/mol. The lowest BCUT2D eigenvalue weighted by Crippen LogP contribution is -2.00. The van der Waals surface area contributed by atoms with Crippen molar-refractivity contribution < 1.29 is 0 Å². The zero-order chi connectivity index (χ0) is 14.1. The molecule has 1 aromatic heterocycles. The molecule has 0 aliphatic rings. The molecule has 0 aliphatic heterocycles. The number of rotatable bonds is 2. The van der Waals surface area contributed by atoms with Crippen LogP contribution in [-0.4, -0.2) is 14.8 Å². The highest BCUT2D eigenvalue weighted by Crippen LogP contribution is 2.26. The van der Waals surface area contributed by atoms with Crippen molar-refractivity contribution in [3.05, 3.63) is 61.9 Å². The topological polar surface area (TPSA) is 33.6 Å². The first kappa shape index (κ1) is 13.8. The average Bonchev–Trinajstić information content (AvgIpc) is 2.82. The molecule has 0 atom stereocenters. The third-order valence-electron chi connectivity index (χ3n) is 2.85. The summed E-state index contributed by atoms with van der Waals surface area (Å²) in [5.74, 6) is 0.788. The molecule has 100 valence electrons. The zero-order valence-electron chi connectivity index (χ0n) is 10.2. The van der Waals surface area contributed by atoms with E-state index in [0.717, 1.165) is 20.6 Å². The van der Waals surface area contributed by atoms with Crippen molar-refractivity contribution >= 4 is 46.4 Å². The predicted octanol–water partition coefficient (Wildman–Crippen LogP) is 4.85. The van der Waals surface area contributed by atoms with Gasteiger partial charge in [0.1, 0.15) is 0 Å². The minimum atomic E-state index is 0.559. The van der Waals surface area contributed by atoms with Crippen molar-refractivity contribution in [3.8, 4) is 17.1 Å². The van der Waals surface area contributed by atoms with Gasteiger partial charge in [0.25, 0.3) is 0 Å². The Hall–Kier alpha value is -1.18. The SMILES string of the molecule is S=c1[nH]nc(-c2ccccc2)n1-c1ccc(Cl)cc1I. The number of hydrogen-bond donors (Lipinski definition) is 1. The second-order valence-electron chi connectivity index (χ2n) is 4.15. The summed E-state index contributed by atoms with van der Waals surface area (Å²) >= 11 is 13.6. The maximum absolute atomic E-state index is 6.01. The molecular weight excluding hydrogens is 405 g/mol. The second kappa shape index (κ2) is 5.67. The lowest BCUT2D eigenvalue weighted by Gasteiger charge is -2.09. The summed E-state index contributed by atoms with van der Waals surface area (Å²) in [5, 5.41) is 7.89. The number of hydrogen-bond acceptors (Lipinski definition) is 2. The van der Waals surface area contributed by atoms with E-state index in [2.05, 4.69) is 32.8 Å². The van der Waals surface area contributed by atoms with Gasteiger partial charge in [-0.1, -0.05) is 41.9 Å². The van der Waals surface area contributed by atoms with Gasteiger partial charge in [0.15, 0.2) is 10.6 Å². The van der Waals surface area contributed by atoms with Crippen molar-refractivity contribution in [2.24, 2.45) is 0 Å². The Kier molecular flexibility index (Phi) is 3.91. The maximum Gasteiger partial charge on any atom is 0.200 e. The molecule has 0 unspecified atom stereocenters. The Bertz CT molecular complexity index is 811. The molecule has 0 saturated heterocycles. The van der Waals surface area contributed by atoms with Crippen LogP contribution in [0.2, 0.25) is 5.02 Å². The number of H-pyrrole nitrogens is 1. The van der Waals surface area contributed by atoms with Crippen LogP contribution in [0.4, 0.5) is 0 Å². The molecule has 1 N–H and O–H groups in total. The van der Waals surface area contributed by atoms with Crippen LogP contribution in [0, 0.1) is 8.34 Å². The van der Waals surface area contributed by atoms with E-state index < -0.39 is 0 Å². The number of aromatic amines is 1. The van der Waals surface area contributed by atoms with Gasteiger partial charge >= 0.3 is 0 Å². The fourth-order valence-corrected chi connectivity index (χ4v) is 3.31. The van der Waals surface area contributed by atoms with Crippen LogP contribution in [0.1, 0.15) is 0 Å². The molecule has 0 saturated carbocycles. The van der Waals surface area contributed by atoms with Crippen LogP contribution >= 0.6 is 46.4 Å². The molecular formula is C14H9ClIN3S. The van der Waals surface area contributed by atoms with E-state index in [-0.39, 0.29) is 0 Å². The van der Waals surface area contributed by atoms with Gasteiger partial charge in [-0.25, -0.2) is 0 Å². The molecule has 3 aromatic rings. The van der Waals surface area contributed by atoms with Gasteiger partial charge in [0, 0.05) is 14.2 Å². The third kappa shape index (κ3) is 2.53. The van der Waals surface area contributed by atoms with Gasteiger partial charge in [0.2, 0.25) is 0 Å². The molecule has 0 bridgehead atoms. The van der Waals surface area contributed by atoms with Gasteiger partial charge in [-0.05, 0) is 53.0 Å². The van der Waals surface area contributed by atoms with Gasteiger partial charge in [-0.3, -0.25) is 9.67 Å². The van der Waals surface area contributed by atoms with Crippen molar-refractivity contribution in [2.45, 2.75) is 0 Å². The van der Waals surface area contributed by atoms with Crippen LogP contribution in [-0.2, 0) is 0 Å². The first-order valence-electron chi connectivity index (χ1n) is 5.85. The van der Waals surface area contributed by atoms with Crippen LogP contribution in [0.25, 0.3) is 17.1 Å². The Morgan fingerprint density at radius 3 is 2.60 bits per heavy atom. The normalized spacial score (nSPS) is 10.7. The molecule has 0 aliphatic carbocycles. The quantitative estimate of drug-likeness (QED) is 0.481. The first-order valence-corrected chi connectivity index (χ1v) is 7.71. The Morgan fingerprint density at radius 2 is 1.90 bits per heavy atom. The van der Waals surface area contributed by atoms with Crippen molar-refractivity contribution in [1.29, 1.82) is 0 Å². The number of aromatic nitrogens is 3. The van der Waals surface area contributed by atoms with Crippen molar-refractivity contribution in [2.75, 3.05) is 0 Å². The van der Waals surface area contributed by atoms with Crippen LogP contribution < -0.4 is 0 Å². The molecule has 0 fully saturated rings. The standard InChI is InChI=1S/C14H9ClIN3S/c15-10-6-7-12(11(16)8-10)19-13(17-18-14(19)20)9-4-2-1-3-5-9/h1-8H,(H,18,20). The molecule has 6 heteroatoms. The minimum absolute atomic E-state index is 0.559. The molecule has 0 amide bonds. The Labute approximate surface area is 139 Å². The highest BCUT2D eigenvalue weighted by atomic mass is 127. The van der Waals surface area contributed by atoms with E-state index >= 15 is 0 Å². The van der Waals surface area contributed by atoms with Crippen LogP contribution in [0.5, 0.6) is 0 Å². The summed E-state index contributed by atoms with van der Waals surface area (Å²) in [6.07, 6.45) is 0. The van der Waals surface area contributed by atoms with E-state index in [0.29, 0.717) is 9.79 Å². The lowest BCUT2D eigenvalue weighted by molar-refractivity contribution is 1.03. The van der Waals surface area contributed by atoms with E-state index in [4.69, 9.17) is 23.8 Å². The van der Waals surface area contributed by atoms with Gasteiger partial charge in [0.05, 0.1) is 5.69 Å². The van der Waals surface area contributed by atoms with E-state index in [1.807, 2.05) is 53.1 Å². The number of nitrogens with zero attached hydrogens (tertiary/aromatic N) is 2. The summed E-state index contributed by atoms with van der Waals surface area (Å²) in [6.45, 7) is 0. The molecule has 0 spiro atoms. The van der Waals surface area contributed by atoms with E-state index in [1.54, 1.807) is 0 Å². The third-order valence-corrected chi connectivity index (χ3v) is 4.23. The van der Waals surface area contributed by atoms with Gasteiger partial charge in [-0.2, -0.15) is 5.10 Å². The average molecular weight is 414 g/mol. The Morgan fingerprint density at radius 1 is 1.15 bits per heavy atom. The number of benzene rings is 2. The molecule has 20 heavy (non-hydrogen) atoms. The summed E-state index contributed by atoms with van der Waals surface area (Å²) in [7, 11) is 0. The Balaban J connectivity index is 2.25. The van der Waals surface area contributed by atoms with Crippen LogP contribution in [0.3, 0.4) is 0 Å². The number of halogens is 2. The van der Waals surface area contributed by atoms with Gasteiger partial charge < -0.3 is 0 Å². The fourth-order valence-electron chi connectivity index (χ4n) is 1.96. The summed E-state index contributed by atoms with van der Waals surface area (Å²) in [5.41, 5.74) is 1.97. The summed E-state index contributed by atoms with van der Waals surface area (Å²) in [6, 6.07) is 15.6.